The molecule has 2 fully saturated rings. The summed E-state index contributed by atoms with van der Waals surface area (Å²) in [6, 6.07) is 0.465. The van der Waals surface area contributed by atoms with Gasteiger partial charge in [0.15, 0.2) is 5.89 Å². The number of halogens is 1. The summed E-state index contributed by atoms with van der Waals surface area (Å²) < 4.78 is 5.42. The summed E-state index contributed by atoms with van der Waals surface area (Å²) in [5.74, 6) is 1.56. The number of likely N-dealkylation sites (tertiary alicyclic amines) is 1. The average Bonchev–Trinajstić information content (AvgIpc) is 2.91. The SMILES string of the molecule is Cc1nc(C)c(C(=O)N2C[C@@H]3CCCN[C@@H]3C2)o1.Cl. The maximum absolute atomic E-state index is 12.4. The first-order valence-electron chi connectivity index (χ1n) is 6.62. The third-order valence-electron chi connectivity index (χ3n) is 3.98. The highest BCUT2D eigenvalue weighted by molar-refractivity contribution is 5.92. The number of nitrogens with zero attached hydrogens (tertiary/aromatic N) is 2. The van der Waals surface area contributed by atoms with Crippen molar-refractivity contribution in [2.24, 2.45) is 5.92 Å². The Hall–Kier alpha value is -1.07. The van der Waals surface area contributed by atoms with Gasteiger partial charge in [-0.2, -0.15) is 0 Å². The van der Waals surface area contributed by atoms with Crippen LogP contribution in [0.15, 0.2) is 4.42 Å². The second-order valence-electron chi connectivity index (χ2n) is 5.32. The molecule has 1 N–H and O–H groups in total. The molecule has 0 saturated carbocycles. The number of oxazole rings is 1. The lowest BCUT2D eigenvalue weighted by molar-refractivity contribution is 0.0751. The number of nitrogens with one attached hydrogen (secondary N) is 1. The van der Waals surface area contributed by atoms with Crippen LogP contribution < -0.4 is 5.32 Å². The number of hydrogen-bond donors (Lipinski definition) is 1. The Kier molecular flexibility index (Phi) is 4.16. The van der Waals surface area contributed by atoms with Crippen LogP contribution in [0.1, 0.15) is 35.0 Å². The van der Waals surface area contributed by atoms with Crippen LogP contribution in [-0.4, -0.2) is 41.5 Å². The normalized spacial score (nSPS) is 25.9. The van der Waals surface area contributed by atoms with Gasteiger partial charge in [0.2, 0.25) is 5.76 Å². The van der Waals surface area contributed by atoms with Crippen molar-refractivity contribution in [1.29, 1.82) is 0 Å². The van der Waals surface area contributed by atoms with Crippen LogP contribution in [0.3, 0.4) is 0 Å². The fraction of sp³-hybridized carbons (Fsp3) is 0.692. The summed E-state index contributed by atoms with van der Waals surface area (Å²) in [4.78, 5) is 18.5. The zero-order valence-electron chi connectivity index (χ0n) is 11.3. The molecular weight excluding hydrogens is 266 g/mol. The van der Waals surface area contributed by atoms with Gasteiger partial charge in [-0.15, -0.1) is 12.4 Å². The van der Waals surface area contributed by atoms with E-state index in [1.807, 2.05) is 11.8 Å². The maximum Gasteiger partial charge on any atom is 0.291 e. The van der Waals surface area contributed by atoms with Gasteiger partial charge >= 0.3 is 0 Å². The first kappa shape index (κ1) is 14.3. The van der Waals surface area contributed by atoms with E-state index >= 15 is 0 Å². The molecule has 1 aromatic rings. The third kappa shape index (κ3) is 2.62. The average molecular weight is 286 g/mol. The van der Waals surface area contributed by atoms with Crippen molar-refractivity contribution in [1.82, 2.24) is 15.2 Å². The van der Waals surface area contributed by atoms with E-state index < -0.39 is 0 Å². The molecule has 2 saturated heterocycles. The summed E-state index contributed by atoms with van der Waals surface area (Å²) in [5, 5.41) is 3.50. The van der Waals surface area contributed by atoms with Crippen molar-refractivity contribution in [3.8, 4) is 0 Å². The van der Waals surface area contributed by atoms with Gasteiger partial charge in [-0.1, -0.05) is 0 Å². The molecule has 0 radical (unpaired) electrons. The van der Waals surface area contributed by atoms with Gasteiger partial charge in [0.25, 0.3) is 5.91 Å². The molecule has 0 aliphatic carbocycles. The lowest BCUT2D eigenvalue weighted by Crippen LogP contribution is -2.41. The van der Waals surface area contributed by atoms with E-state index in [2.05, 4.69) is 10.3 Å². The zero-order valence-corrected chi connectivity index (χ0v) is 12.1. The maximum atomic E-state index is 12.4. The molecule has 2 aliphatic heterocycles. The smallest absolute Gasteiger partial charge is 0.291 e. The van der Waals surface area contributed by atoms with Gasteiger partial charge < -0.3 is 14.6 Å². The Morgan fingerprint density at radius 3 is 2.84 bits per heavy atom. The highest BCUT2D eigenvalue weighted by Gasteiger charge is 2.37. The van der Waals surface area contributed by atoms with E-state index in [1.165, 1.54) is 12.8 Å². The lowest BCUT2D eigenvalue weighted by atomic mass is 9.94. The number of aryl methyl sites for hydroxylation is 2. The minimum atomic E-state index is -0.00991. The van der Waals surface area contributed by atoms with Crippen molar-refractivity contribution in [3.63, 3.8) is 0 Å². The van der Waals surface area contributed by atoms with Crippen LogP contribution in [0.25, 0.3) is 0 Å². The van der Waals surface area contributed by atoms with Crippen LogP contribution in [-0.2, 0) is 0 Å². The van der Waals surface area contributed by atoms with Crippen molar-refractivity contribution < 1.29 is 9.21 Å². The van der Waals surface area contributed by atoms with Gasteiger partial charge in [0, 0.05) is 26.1 Å². The van der Waals surface area contributed by atoms with Gasteiger partial charge in [-0.05, 0) is 32.2 Å². The monoisotopic (exact) mass is 285 g/mol. The molecule has 0 spiro atoms. The highest BCUT2D eigenvalue weighted by atomic mass is 35.5. The number of carbonyl (C=O) groups excluding carboxylic acids is 1. The summed E-state index contributed by atoms with van der Waals surface area (Å²) in [7, 11) is 0. The van der Waals surface area contributed by atoms with Crippen LogP contribution in [0, 0.1) is 19.8 Å². The molecule has 0 unspecified atom stereocenters. The standard InChI is InChI=1S/C13H19N3O2.ClH/c1-8-12(18-9(2)15-8)13(17)16-6-10-4-3-5-14-11(10)7-16;/h10-11,14H,3-7H2,1-2H3;1H/t10-,11+;/m0./s1. The largest absolute Gasteiger partial charge is 0.436 e. The van der Waals surface area contributed by atoms with E-state index in [1.54, 1.807) is 6.92 Å². The van der Waals surface area contributed by atoms with E-state index in [0.717, 1.165) is 19.6 Å². The summed E-state index contributed by atoms with van der Waals surface area (Å²) in [5.41, 5.74) is 0.695. The van der Waals surface area contributed by atoms with Crippen molar-refractivity contribution in [3.05, 3.63) is 17.3 Å². The number of hydrogen-bond acceptors (Lipinski definition) is 4. The van der Waals surface area contributed by atoms with Crippen molar-refractivity contribution >= 4 is 18.3 Å². The minimum absolute atomic E-state index is 0. The van der Waals surface area contributed by atoms with Crippen molar-refractivity contribution in [2.75, 3.05) is 19.6 Å². The molecule has 2 atom stereocenters. The number of piperidine rings is 1. The van der Waals surface area contributed by atoms with Crippen LogP contribution in [0.4, 0.5) is 0 Å². The number of rotatable bonds is 1. The fourth-order valence-electron chi connectivity index (χ4n) is 3.09. The molecule has 106 valence electrons. The van der Waals surface area contributed by atoms with E-state index in [9.17, 15) is 4.79 Å². The predicted molar refractivity (Wildman–Crippen MR) is 73.6 cm³/mol. The Morgan fingerprint density at radius 2 is 2.21 bits per heavy atom. The Labute approximate surface area is 119 Å². The Morgan fingerprint density at radius 1 is 1.42 bits per heavy atom. The van der Waals surface area contributed by atoms with E-state index in [0.29, 0.717) is 29.3 Å². The quantitative estimate of drug-likeness (QED) is 0.850. The Balaban J connectivity index is 0.00000133. The first-order chi connectivity index (χ1) is 8.65. The molecule has 3 heterocycles. The van der Waals surface area contributed by atoms with E-state index in [-0.39, 0.29) is 18.3 Å². The number of amides is 1. The lowest BCUT2D eigenvalue weighted by Gasteiger charge is -2.24. The molecule has 6 heteroatoms. The van der Waals surface area contributed by atoms with Crippen LogP contribution in [0.2, 0.25) is 0 Å². The summed E-state index contributed by atoms with van der Waals surface area (Å²) in [6.45, 7) is 6.31. The topological polar surface area (TPSA) is 58.4 Å². The number of fused-ring (bicyclic) bond motifs is 1. The predicted octanol–water partition coefficient (Wildman–Crippen LogP) is 1.54. The third-order valence-corrected chi connectivity index (χ3v) is 3.98. The van der Waals surface area contributed by atoms with Gasteiger partial charge in [-0.25, -0.2) is 4.98 Å². The Bertz CT molecular complexity index is 460. The molecule has 1 amide bonds. The van der Waals surface area contributed by atoms with Crippen molar-refractivity contribution in [2.45, 2.75) is 32.7 Å². The molecule has 2 aliphatic rings. The van der Waals surface area contributed by atoms with E-state index in [4.69, 9.17) is 4.42 Å². The molecular formula is C13H20ClN3O2. The van der Waals surface area contributed by atoms with Gasteiger partial charge in [0.05, 0.1) is 5.69 Å². The summed E-state index contributed by atoms with van der Waals surface area (Å²) >= 11 is 0. The molecule has 5 nitrogen and oxygen atoms in total. The van der Waals surface area contributed by atoms with Crippen LogP contribution in [0.5, 0.6) is 0 Å². The van der Waals surface area contributed by atoms with Gasteiger partial charge in [-0.3, -0.25) is 4.79 Å². The highest BCUT2D eigenvalue weighted by Crippen LogP contribution is 2.26. The molecule has 19 heavy (non-hydrogen) atoms. The summed E-state index contributed by atoms with van der Waals surface area (Å²) in [6.07, 6.45) is 2.43. The number of aromatic nitrogens is 1. The second kappa shape index (κ2) is 5.51. The first-order valence-corrected chi connectivity index (χ1v) is 6.62. The van der Waals surface area contributed by atoms with Gasteiger partial charge in [0.1, 0.15) is 0 Å². The second-order valence-corrected chi connectivity index (χ2v) is 5.32. The molecule has 0 bridgehead atoms. The van der Waals surface area contributed by atoms with Crippen LogP contribution >= 0.6 is 12.4 Å². The fourth-order valence-corrected chi connectivity index (χ4v) is 3.09. The molecule has 0 aromatic carbocycles. The number of carbonyl (C=O) groups is 1. The molecule has 1 aromatic heterocycles. The minimum Gasteiger partial charge on any atom is -0.436 e. The molecule has 3 rings (SSSR count). The zero-order chi connectivity index (χ0) is 12.7.